The number of aryl methyl sites for hydroxylation is 1. The summed E-state index contributed by atoms with van der Waals surface area (Å²) in [5.74, 6) is 1.28. The molecule has 5 nitrogen and oxygen atoms in total. The molecule has 0 unspecified atom stereocenters. The SMILES string of the molecule is CCSc1n[nH]c(/C=C\C(=O)Nc2cccc(C)c2)n1. The number of thioether (sulfide) groups is 1. The molecule has 1 amide bonds. The summed E-state index contributed by atoms with van der Waals surface area (Å²) in [6.07, 6.45) is 3.04. The molecule has 0 aliphatic heterocycles. The Labute approximate surface area is 121 Å². The number of benzene rings is 1. The van der Waals surface area contributed by atoms with Gasteiger partial charge in [-0.15, -0.1) is 5.10 Å². The van der Waals surface area contributed by atoms with E-state index in [1.165, 1.54) is 6.08 Å². The lowest BCUT2D eigenvalue weighted by atomic mass is 10.2. The molecule has 1 heterocycles. The number of nitrogens with zero attached hydrogens (tertiary/aromatic N) is 2. The third-order valence-electron chi connectivity index (χ3n) is 2.43. The van der Waals surface area contributed by atoms with Crippen LogP contribution in [-0.2, 0) is 4.79 Å². The number of carbonyl (C=O) groups is 1. The van der Waals surface area contributed by atoms with E-state index in [0.29, 0.717) is 11.0 Å². The molecule has 0 spiro atoms. The lowest BCUT2D eigenvalue weighted by Gasteiger charge is -2.02. The summed E-state index contributed by atoms with van der Waals surface area (Å²) in [7, 11) is 0. The summed E-state index contributed by atoms with van der Waals surface area (Å²) in [4.78, 5) is 16.0. The van der Waals surface area contributed by atoms with Crippen LogP contribution in [0.25, 0.3) is 6.08 Å². The van der Waals surface area contributed by atoms with Crippen molar-refractivity contribution in [1.82, 2.24) is 15.2 Å². The number of hydrogen-bond donors (Lipinski definition) is 2. The minimum absolute atomic E-state index is 0.198. The van der Waals surface area contributed by atoms with E-state index in [2.05, 4.69) is 20.5 Å². The van der Waals surface area contributed by atoms with Crippen molar-refractivity contribution in [3.05, 3.63) is 41.7 Å². The van der Waals surface area contributed by atoms with Gasteiger partial charge in [0.25, 0.3) is 0 Å². The molecule has 6 heteroatoms. The van der Waals surface area contributed by atoms with Gasteiger partial charge in [-0.05, 0) is 36.4 Å². The lowest BCUT2D eigenvalue weighted by Crippen LogP contribution is -2.07. The smallest absolute Gasteiger partial charge is 0.248 e. The third kappa shape index (κ3) is 4.24. The zero-order chi connectivity index (χ0) is 14.4. The summed E-state index contributed by atoms with van der Waals surface area (Å²) in [5, 5.41) is 10.3. The molecular weight excluding hydrogens is 272 g/mol. The van der Waals surface area contributed by atoms with Gasteiger partial charge in [-0.3, -0.25) is 9.89 Å². The second kappa shape index (κ2) is 6.91. The van der Waals surface area contributed by atoms with Gasteiger partial charge in [0.15, 0.2) is 0 Å². The average Bonchev–Trinajstić information content (AvgIpc) is 2.85. The van der Waals surface area contributed by atoms with E-state index in [9.17, 15) is 4.79 Å². The minimum Gasteiger partial charge on any atom is -0.323 e. The third-order valence-corrected chi connectivity index (χ3v) is 3.16. The molecular formula is C14H16N4OS. The molecule has 0 aliphatic carbocycles. The molecule has 0 saturated heterocycles. The van der Waals surface area contributed by atoms with Crippen molar-refractivity contribution >= 4 is 29.4 Å². The minimum atomic E-state index is -0.198. The van der Waals surface area contributed by atoms with Crippen LogP contribution in [0.15, 0.2) is 35.5 Å². The van der Waals surface area contributed by atoms with Crippen LogP contribution in [0, 0.1) is 6.92 Å². The van der Waals surface area contributed by atoms with Crippen LogP contribution in [0.4, 0.5) is 5.69 Å². The van der Waals surface area contributed by atoms with Gasteiger partial charge in [0, 0.05) is 11.8 Å². The zero-order valence-electron chi connectivity index (χ0n) is 11.4. The number of amides is 1. The largest absolute Gasteiger partial charge is 0.323 e. The number of nitrogens with one attached hydrogen (secondary N) is 2. The van der Waals surface area contributed by atoms with Crippen molar-refractivity contribution in [2.75, 3.05) is 11.1 Å². The molecule has 2 aromatic rings. The average molecular weight is 288 g/mol. The summed E-state index contributed by atoms with van der Waals surface area (Å²) in [6, 6.07) is 7.64. The summed E-state index contributed by atoms with van der Waals surface area (Å²) < 4.78 is 0. The maximum Gasteiger partial charge on any atom is 0.248 e. The van der Waals surface area contributed by atoms with Gasteiger partial charge in [-0.1, -0.05) is 30.8 Å². The molecule has 104 valence electrons. The van der Waals surface area contributed by atoms with Gasteiger partial charge in [-0.2, -0.15) is 0 Å². The molecule has 0 fully saturated rings. The Kier molecular flexibility index (Phi) is 4.95. The van der Waals surface area contributed by atoms with Crippen molar-refractivity contribution in [2.45, 2.75) is 19.0 Å². The van der Waals surface area contributed by atoms with Crippen LogP contribution in [0.5, 0.6) is 0 Å². The highest BCUT2D eigenvalue weighted by Crippen LogP contribution is 2.12. The Hall–Kier alpha value is -2.08. The Morgan fingerprint density at radius 1 is 1.50 bits per heavy atom. The quantitative estimate of drug-likeness (QED) is 0.655. The fourth-order valence-electron chi connectivity index (χ4n) is 1.59. The highest BCUT2D eigenvalue weighted by Gasteiger charge is 2.01. The molecule has 0 aliphatic rings. The van der Waals surface area contributed by atoms with Crippen molar-refractivity contribution < 1.29 is 4.79 Å². The molecule has 0 saturated carbocycles. The molecule has 0 atom stereocenters. The van der Waals surface area contributed by atoms with Crippen molar-refractivity contribution in [1.29, 1.82) is 0 Å². The van der Waals surface area contributed by atoms with Crippen LogP contribution in [-0.4, -0.2) is 26.8 Å². The number of aromatic nitrogens is 3. The normalized spacial score (nSPS) is 10.9. The van der Waals surface area contributed by atoms with Crippen molar-refractivity contribution in [3.8, 4) is 0 Å². The lowest BCUT2D eigenvalue weighted by molar-refractivity contribution is -0.111. The molecule has 20 heavy (non-hydrogen) atoms. The molecule has 0 bridgehead atoms. The number of hydrogen-bond acceptors (Lipinski definition) is 4. The molecule has 2 N–H and O–H groups in total. The number of aromatic amines is 1. The summed E-state index contributed by atoms with van der Waals surface area (Å²) in [6.45, 7) is 4.01. The first-order valence-electron chi connectivity index (χ1n) is 6.28. The topological polar surface area (TPSA) is 70.7 Å². The zero-order valence-corrected chi connectivity index (χ0v) is 12.2. The summed E-state index contributed by atoms with van der Waals surface area (Å²) >= 11 is 1.55. The van der Waals surface area contributed by atoms with E-state index in [1.54, 1.807) is 17.8 Å². The van der Waals surface area contributed by atoms with E-state index in [1.807, 2.05) is 38.1 Å². The van der Waals surface area contributed by atoms with Crippen LogP contribution >= 0.6 is 11.8 Å². The first kappa shape index (κ1) is 14.3. The van der Waals surface area contributed by atoms with Crippen LogP contribution in [0.2, 0.25) is 0 Å². The first-order chi connectivity index (χ1) is 9.67. The van der Waals surface area contributed by atoms with Gasteiger partial charge in [0.2, 0.25) is 11.1 Å². The van der Waals surface area contributed by atoms with Gasteiger partial charge in [-0.25, -0.2) is 4.98 Å². The van der Waals surface area contributed by atoms with Gasteiger partial charge in [0.1, 0.15) is 5.82 Å². The predicted molar refractivity (Wildman–Crippen MR) is 81.6 cm³/mol. The highest BCUT2D eigenvalue weighted by molar-refractivity contribution is 7.99. The molecule has 1 aromatic carbocycles. The standard InChI is InChI=1S/C14H16N4OS/c1-3-20-14-16-12(17-18-14)7-8-13(19)15-11-6-4-5-10(2)9-11/h4-9H,3H2,1-2H3,(H,15,19)(H,16,17,18)/b8-7-. The Morgan fingerprint density at radius 3 is 3.10 bits per heavy atom. The monoisotopic (exact) mass is 288 g/mol. The summed E-state index contributed by atoms with van der Waals surface area (Å²) in [5.41, 5.74) is 1.88. The number of carbonyl (C=O) groups excluding carboxylic acids is 1. The highest BCUT2D eigenvalue weighted by atomic mass is 32.2. The van der Waals surface area contributed by atoms with Gasteiger partial charge < -0.3 is 5.32 Å². The van der Waals surface area contributed by atoms with E-state index >= 15 is 0 Å². The Balaban J connectivity index is 1.94. The second-order valence-electron chi connectivity index (χ2n) is 4.13. The van der Waals surface area contributed by atoms with Gasteiger partial charge >= 0.3 is 0 Å². The van der Waals surface area contributed by atoms with Crippen LogP contribution in [0.1, 0.15) is 18.3 Å². The van der Waals surface area contributed by atoms with E-state index in [4.69, 9.17) is 0 Å². The number of anilines is 1. The van der Waals surface area contributed by atoms with Crippen molar-refractivity contribution in [3.63, 3.8) is 0 Å². The predicted octanol–water partition coefficient (Wildman–Crippen LogP) is 2.88. The maximum absolute atomic E-state index is 11.8. The fraction of sp³-hybridized carbons (Fsp3) is 0.214. The Morgan fingerprint density at radius 2 is 2.35 bits per heavy atom. The fourth-order valence-corrected chi connectivity index (χ4v) is 2.12. The second-order valence-corrected chi connectivity index (χ2v) is 5.36. The number of rotatable bonds is 5. The molecule has 1 aromatic heterocycles. The molecule has 2 rings (SSSR count). The van der Waals surface area contributed by atoms with E-state index in [-0.39, 0.29) is 5.91 Å². The van der Waals surface area contributed by atoms with E-state index < -0.39 is 0 Å². The molecule has 0 radical (unpaired) electrons. The van der Waals surface area contributed by atoms with Gasteiger partial charge in [0.05, 0.1) is 0 Å². The first-order valence-corrected chi connectivity index (χ1v) is 7.27. The van der Waals surface area contributed by atoms with E-state index in [0.717, 1.165) is 17.0 Å². The van der Waals surface area contributed by atoms with Crippen molar-refractivity contribution in [2.24, 2.45) is 0 Å². The maximum atomic E-state index is 11.8. The van der Waals surface area contributed by atoms with Crippen LogP contribution < -0.4 is 5.32 Å². The Bertz CT molecular complexity index is 621. The van der Waals surface area contributed by atoms with Crippen LogP contribution in [0.3, 0.4) is 0 Å². The number of H-pyrrole nitrogens is 1.